The van der Waals surface area contributed by atoms with Gasteiger partial charge in [-0.3, -0.25) is 4.79 Å². The van der Waals surface area contributed by atoms with Crippen molar-refractivity contribution in [3.05, 3.63) is 47.1 Å². The van der Waals surface area contributed by atoms with Gasteiger partial charge in [0.15, 0.2) is 10.9 Å². The molecule has 0 saturated carbocycles. The molecule has 0 aliphatic carbocycles. The van der Waals surface area contributed by atoms with Crippen LogP contribution in [0, 0.1) is 6.92 Å². The summed E-state index contributed by atoms with van der Waals surface area (Å²) in [6, 6.07) is 3.74. The maximum absolute atomic E-state index is 12.7. The normalized spacial score (nSPS) is 14.3. The molecule has 0 unspecified atom stereocenters. The lowest BCUT2D eigenvalue weighted by Crippen LogP contribution is -2.36. The Balaban J connectivity index is 1.47. The molecule has 0 atom stereocenters. The van der Waals surface area contributed by atoms with Gasteiger partial charge in [0, 0.05) is 31.4 Å². The molecule has 0 aromatic carbocycles. The second-order valence-corrected chi connectivity index (χ2v) is 7.00. The highest BCUT2D eigenvalue weighted by Crippen LogP contribution is 2.26. The van der Waals surface area contributed by atoms with Gasteiger partial charge in [0.05, 0.1) is 18.9 Å². The third-order valence-corrected chi connectivity index (χ3v) is 5.43. The Hall–Kier alpha value is -2.85. The van der Waals surface area contributed by atoms with Crippen LogP contribution >= 0.6 is 11.3 Å². The minimum atomic E-state index is -0.141. The highest BCUT2D eigenvalue weighted by Gasteiger charge is 2.20. The van der Waals surface area contributed by atoms with Crippen LogP contribution in [-0.4, -0.2) is 56.9 Å². The Kier molecular flexibility index (Phi) is 5.07. The van der Waals surface area contributed by atoms with E-state index in [1.807, 2.05) is 19.1 Å². The molecular weight excluding hydrogens is 366 g/mol. The first-order valence-corrected chi connectivity index (χ1v) is 9.41. The lowest BCUT2D eigenvalue weighted by molar-refractivity contribution is 0.0954. The van der Waals surface area contributed by atoms with Gasteiger partial charge in [-0.1, -0.05) is 17.4 Å². The van der Waals surface area contributed by atoms with Crippen LogP contribution < -0.4 is 10.2 Å². The number of thiazole rings is 1. The summed E-state index contributed by atoms with van der Waals surface area (Å²) in [6.07, 6.45) is 4.71. The van der Waals surface area contributed by atoms with Crippen LogP contribution in [-0.2, 0) is 11.3 Å². The molecule has 1 aliphatic heterocycles. The number of aromatic nitrogens is 5. The van der Waals surface area contributed by atoms with Gasteiger partial charge in [0.1, 0.15) is 17.5 Å². The zero-order valence-corrected chi connectivity index (χ0v) is 15.6. The molecule has 3 aromatic heterocycles. The van der Waals surface area contributed by atoms with Crippen LogP contribution in [0.2, 0.25) is 0 Å². The topological polar surface area (TPSA) is 98.1 Å². The minimum absolute atomic E-state index is 0.141. The smallest absolute Gasteiger partial charge is 0.263 e. The number of morpholine rings is 1. The van der Waals surface area contributed by atoms with Gasteiger partial charge in [-0.2, -0.15) is 5.10 Å². The monoisotopic (exact) mass is 385 g/mol. The third kappa shape index (κ3) is 3.81. The molecule has 4 heterocycles. The third-order valence-electron chi connectivity index (χ3n) is 4.22. The van der Waals surface area contributed by atoms with Gasteiger partial charge in [-0.15, -0.1) is 0 Å². The van der Waals surface area contributed by atoms with Gasteiger partial charge in [-0.25, -0.2) is 19.6 Å². The fourth-order valence-electron chi connectivity index (χ4n) is 2.83. The van der Waals surface area contributed by atoms with Crippen LogP contribution in [0.15, 0.2) is 31.0 Å². The predicted molar refractivity (Wildman–Crippen MR) is 100 cm³/mol. The Bertz CT molecular complexity index is 919. The highest BCUT2D eigenvalue weighted by molar-refractivity contribution is 7.17. The SMILES string of the molecule is Cc1nc(N2CCOCC2)sc1C(=O)NCc1cccnc1-n1cncn1. The van der Waals surface area contributed by atoms with Crippen molar-refractivity contribution in [2.45, 2.75) is 13.5 Å². The van der Waals surface area contributed by atoms with Crippen LogP contribution in [0.5, 0.6) is 0 Å². The fourth-order valence-corrected chi connectivity index (χ4v) is 3.87. The van der Waals surface area contributed by atoms with E-state index in [4.69, 9.17) is 4.74 Å². The maximum Gasteiger partial charge on any atom is 0.263 e. The zero-order valence-electron chi connectivity index (χ0n) is 14.8. The van der Waals surface area contributed by atoms with Crippen molar-refractivity contribution in [2.75, 3.05) is 31.2 Å². The first-order valence-electron chi connectivity index (χ1n) is 8.59. The number of nitrogens with zero attached hydrogens (tertiary/aromatic N) is 6. The average Bonchev–Trinajstić information content (AvgIpc) is 3.37. The Labute approximate surface area is 160 Å². The Morgan fingerprint density at radius 3 is 3.00 bits per heavy atom. The molecule has 9 nitrogen and oxygen atoms in total. The molecule has 140 valence electrons. The van der Waals surface area contributed by atoms with Crippen molar-refractivity contribution in [1.29, 1.82) is 0 Å². The number of carbonyl (C=O) groups is 1. The predicted octanol–water partition coefficient (Wildman–Crippen LogP) is 1.19. The molecular formula is C17H19N7O2S. The molecule has 1 fully saturated rings. The number of nitrogens with one attached hydrogen (secondary N) is 1. The number of pyridine rings is 1. The number of hydrogen-bond donors (Lipinski definition) is 1. The maximum atomic E-state index is 12.7. The summed E-state index contributed by atoms with van der Waals surface area (Å²) in [5.74, 6) is 0.503. The van der Waals surface area contributed by atoms with E-state index in [0.29, 0.717) is 30.5 Å². The average molecular weight is 385 g/mol. The summed E-state index contributed by atoms with van der Waals surface area (Å²) in [5.41, 5.74) is 1.59. The summed E-state index contributed by atoms with van der Waals surface area (Å²) >= 11 is 1.42. The van der Waals surface area contributed by atoms with Crippen molar-refractivity contribution >= 4 is 22.4 Å². The minimum Gasteiger partial charge on any atom is -0.378 e. The summed E-state index contributed by atoms with van der Waals surface area (Å²) < 4.78 is 6.95. The van der Waals surface area contributed by atoms with Crippen molar-refractivity contribution in [3.8, 4) is 5.82 Å². The van der Waals surface area contributed by atoms with Gasteiger partial charge in [0.2, 0.25) is 0 Å². The number of aryl methyl sites for hydroxylation is 1. The van der Waals surface area contributed by atoms with Crippen molar-refractivity contribution in [1.82, 2.24) is 30.0 Å². The number of hydrogen-bond acceptors (Lipinski definition) is 8. The molecule has 0 radical (unpaired) electrons. The number of carbonyl (C=O) groups excluding carboxylic acids is 1. The number of ether oxygens (including phenoxy) is 1. The Morgan fingerprint density at radius 2 is 2.22 bits per heavy atom. The second kappa shape index (κ2) is 7.80. The first-order chi connectivity index (χ1) is 13.2. The Morgan fingerprint density at radius 1 is 1.37 bits per heavy atom. The molecule has 10 heteroatoms. The highest BCUT2D eigenvalue weighted by atomic mass is 32.1. The van der Waals surface area contributed by atoms with E-state index in [9.17, 15) is 4.79 Å². The quantitative estimate of drug-likeness (QED) is 0.704. The lowest BCUT2D eigenvalue weighted by atomic mass is 10.2. The van der Waals surface area contributed by atoms with Crippen molar-refractivity contribution < 1.29 is 9.53 Å². The van der Waals surface area contributed by atoms with Crippen molar-refractivity contribution in [2.24, 2.45) is 0 Å². The molecule has 4 rings (SSSR count). The summed E-state index contributed by atoms with van der Waals surface area (Å²) in [5, 5.41) is 7.94. The summed E-state index contributed by atoms with van der Waals surface area (Å²) in [7, 11) is 0. The molecule has 0 bridgehead atoms. The molecule has 1 amide bonds. The van der Waals surface area contributed by atoms with Gasteiger partial charge in [-0.05, 0) is 13.0 Å². The first kappa shape index (κ1) is 17.6. The van der Waals surface area contributed by atoms with E-state index in [2.05, 4.69) is 30.3 Å². The molecule has 1 saturated heterocycles. The van der Waals surface area contributed by atoms with E-state index in [0.717, 1.165) is 29.5 Å². The van der Waals surface area contributed by atoms with Gasteiger partial charge in [0.25, 0.3) is 5.91 Å². The van der Waals surface area contributed by atoms with E-state index in [-0.39, 0.29) is 5.91 Å². The standard InChI is InChI=1S/C17H19N7O2S/c1-12-14(27-17(22-12)23-5-7-26-8-6-23)16(25)20-9-13-3-2-4-19-15(13)24-11-18-10-21-24/h2-4,10-11H,5-9H2,1H3,(H,20,25). The molecule has 1 aliphatic rings. The molecule has 1 N–H and O–H groups in total. The van der Waals surface area contributed by atoms with Crippen LogP contribution in [0.4, 0.5) is 5.13 Å². The number of amides is 1. The van der Waals surface area contributed by atoms with Crippen LogP contribution in [0.1, 0.15) is 20.9 Å². The van der Waals surface area contributed by atoms with E-state index >= 15 is 0 Å². The number of anilines is 1. The van der Waals surface area contributed by atoms with E-state index < -0.39 is 0 Å². The molecule has 0 spiro atoms. The van der Waals surface area contributed by atoms with Crippen LogP contribution in [0.25, 0.3) is 5.82 Å². The lowest BCUT2D eigenvalue weighted by Gasteiger charge is -2.25. The fraction of sp³-hybridized carbons (Fsp3) is 0.353. The van der Waals surface area contributed by atoms with Crippen LogP contribution in [0.3, 0.4) is 0 Å². The zero-order chi connectivity index (χ0) is 18.6. The van der Waals surface area contributed by atoms with Crippen molar-refractivity contribution in [3.63, 3.8) is 0 Å². The molecule has 27 heavy (non-hydrogen) atoms. The van der Waals surface area contributed by atoms with Gasteiger partial charge < -0.3 is 15.0 Å². The second-order valence-electron chi connectivity index (χ2n) is 6.02. The number of rotatable bonds is 5. The summed E-state index contributed by atoms with van der Waals surface area (Å²) in [4.78, 5) is 28.3. The largest absolute Gasteiger partial charge is 0.378 e. The molecule has 3 aromatic rings. The van der Waals surface area contributed by atoms with Gasteiger partial charge >= 0.3 is 0 Å². The van der Waals surface area contributed by atoms with E-state index in [1.165, 1.54) is 17.7 Å². The van der Waals surface area contributed by atoms with E-state index in [1.54, 1.807) is 17.2 Å². The summed E-state index contributed by atoms with van der Waals surface area (Å²) in [6.45, 7) is 5.17.